The van der Waals surface area contributed by atoms with Gasteiger partial charge in [-0.15, -0.1) is 0 Å². The average molecular weight is 248 g/mol. The number of nitrogens with zero attached hydrogens (tertiary/aromatic N) is 1. The molecule has 0 amide bonds. The molecular weight excluding hydrogens is 232 g/mol. The molecule has 0 aliphatic heterocycles. The van der Waals surface area contributed by atoms with Gasteiger partial charge in [0.15, 0.2) is 14.6 Å². The molecule has 0 saturated heterocycles. The van der Waals surface area contributed by atoms with Crippen LogP contribution in [0, 0.1) is 4.77 Å². The van der Waals surface area contributed by atoms with Crippen molar-refractivity contribution in [1.82, 2.24) is 9.55 Å². The Balaban J connectivity index is 2.82. The Morgan fingerprint density at radius 1 is 1.47 bits per heavy atom. The quantitative estimate of drug-likeness (QED) is 0.804. The van der Waals surface area contributed by atoms with Crippen LogP contribution in [-0.2, 0) is 22.8 Å². The maximum atomic E-state index is 11.3. The zero-order valence-corrected chi connectivity index (χ0v) is 10.6. The highest BCUT2D eigenvalue weighted by molar-refractivity contribution is 7.91. The molecule has 6 heteroatoms. The fraction of sp³-hybridized carbons (Fsp3) is 0.667. The van der Waals surface area contributed by atoms with Gasteiger partial charge in [0.25, 0.3) is 0 Å². The lowest BCUT2D eigenvalue weighted by atomic mass is 10.4. The van der Waals surface area contributed by atoms with Crippen LogP contribution in [0.3, 0.4) is 0 Å². The summed E-state index contributed by atoms with van der Waals surface area (Å²) in [5.41, 5.74) is 1.05. The maximum absolute atomic E-state index is 11.3. The number of aromatic amines is 1. The van der Waals surface area contributed by atoms with E-state index in [0.29, 0.717) is 11.3 Å². The van der Waals surface area contributed by atoms with Crippen LogP contribution in [0.5, 0.6) is 0 Å². The average Bonchev–Trinajstić information content (AvgIpc) is 2.56. The summed E-state index contributed by atoms with van der Waals surface area (Å²) in [5.74, 6) is 0.342. The van der Waals surface area contributed by atoms with Crippen LogP contribution in [0.25, 0.3) is 0 Å². The first-order valence-corrected chi connectivity index (χ1v) is 7.20. The molecule has 0 unspecified atom stereocenters. The molecule has 1 rings (SSSR count). The third-order valence-corrected chi connectivity index (χ3v) is 4.40. The fourth-order valence-corrected chi connectivity index (χ4v) is 2.36. The van der Waals surface area contributed by atoms with Gasteiger partial charge in [-0.25, -0.2) is 8.42 Å². The topological polar surface area (TPSA) is 54.9 Å². The van der Waals surface area contributed by atoms with E-state index < -0.39 is 9.84 Å². The number of aryl methyl sites for hydroxylation is 1. The van der Waals surface area contributed by atoms with Crippen LogP contribution >= 0.6 is 12.2 Å². The summed E-state index contributed by atoms with van der Waals surface area (Å²) in [7, 11) is -2.92. The predicted octanol–water partition coefficient (Wildman–Crippen LogP) is 1.54. The van der Waals surface area contributed by atoms with E-state index in [1.807, 2.05) is 17.7 Å². The molecule has 0 saturated carbocycles. The normalized spacial score (nSPS) is 11.9. The van der Waals surface area contributed by atoms with Crippen LogP contribution in [0.2, 0.25) is 0 Å². The first kappa shape index (κ1) is 12.4. The summed E-state index contributed by atoms with van der Waals surface area (Å²) < 4.78 is 25.1. The van der Waals surface area contributed by atoms with Gasteiger partial charge in [-0.2, -0.15) is 0 Å². The van der Waals surface area contributed by atoms with Gasteiger partial charge in [0.05, 0.1) is 5.75 Å². The molecule has 0 aliphatic carbocycles. The van der Waals surface area contributed by atoms with E-state index in [-0.39, 0.29) is 11.5 Å². The smallest absolute Gasteiger partial charge is 0.177 e. The number of sulfone groups is 1. The standard InChI is InChI=1S/C9H16N2O2S2/c1-3-8-7-10-9(14)11(8)5-6-15(12,13)4-2/h7H,3-6H2,1-2H3,(H,10,14). The molecule has 1 N–H and O–H groups in total. The fourth-order valence-electron chi connectivity index (χ4n) is 1.34. The lowest BCUT2D eigenvalue weighted by Crippen LogP contribution is -2.15. The second kappa shape index (κ2) is 4.94. The highest BCUT2D eigenvalue weighted by Gasteiger charge is 2.09. The van der Waals surface area contributed by atoms with Crippen LogP contribution in [0.4, 0.5) is 0 Å². The Labute approximate surface area is 95.2 Å². The Morgan fingerprint density at radius 2 is 2.13 bits per heavy atom. The molecule has 0 atom stereocenters. The summed E-state index contributed by atoms with van der Waals surface area (Å²) >= 11 is 5.08. The molecule has 0 aromatic carbocycles. The van der Waals surface area contributed by atoms with Gasteiger partial charge in [-0.05, 0) is 18.6 Å². The second-order valence-corrected chi connectivity index (χ2v) is 6.19. The van der Waals surface area contributed by atoms with Gasteiger partial charge in [-0.1, -0.05) is 13.8 Å². The number of hydrogen-bond donors (Lipinski definition) is 1. The van der Waals surface area contributed by atoms with Crippen molar-refractivity contribution >= 4 is 22.1 Å². The summed E-state index contributed by atoms with van der Waals surface area (Å²) in [5, 5.41) is 0. The maximum Gasteiger partial charge on any atom is 0.177 e. The van der Waals surface area contributed by atoms with E-state index in [1.165, 1.54) is 0 Å². The predicted molar refractivity (Wildman–Crippen MR) is 63.3 cm³/mol. The van der Waals surface area contributed by atoms with Gasteiger partial charge in [0.1, 0.15) is 0 Å². The minimum atomic E-state index is -2.92. The van der Waals surface area contributed by atoms with Gasteiger partial charge >= 0.3 is 0 Å². The number of rotatable bonds is 5. The summed E-state index contributed by atoms with van der Waals surface area (Å²) in [4.78, 5) is 2.93. The van der Waals surface area contributed by atoms with Crippen molar-refractivity contribution in [3.05, 3.63) is 16.7 Å². The number of aromatic nitrogens is 2. The van der Waals surface area contributed by atoms with E-state index in [0.717, 1.165) is 12.1 Å². The zero-order chi connectivity index (χ0) is 11.5. The molecule has 1 aromatic heterocycles. The highest BCUT2D eigenvalue weighted by Crippen LogP contribution is 2.04. The van der Waals surface area contributed by atoms with Gasteiger partial charge < -0.3 is 9.55 Å². The van der Waals surface area contributed by atoms with Crippen LogP contribution in [0.1, 0.15) is 19.5 Å². The first-order chi connectivity index (χ1) is 7.00. The van der Waals surface area contributed by atoms with E-state index in [1.54, 1.807) is 6.92 Å². The molecule has 86 valence electrons. The van der Waals surface area contributed by atoms with Crippen molar-refractivity contribution in [2.75, 3.05) is 11.5 Å². The summed E-state index contributed by atoms with van der Waals surface area (Å²) in [6, 6.07) is 0. The van der Waals surface area contributed by atoms with E-state index in [2.05, 4.69) is 4.98 Å². The second-order valence-electron chi connectivity index (χ2n) is 3.33. The zero-order valence-electron chi connectivity index (χ0n) is 8.99. The Morgan fingerprint density at radius 3 is 2.67 bits per heavy atom. The van der Waals surface area contributed by atoms with Crippen LogP contribution < -0.4 is 0 Å². The summed E-state index contributed by atoms with van der Waals surface area (Å²) in [6.07, 6.45) is 2.68. The highest BCUT2D eigenvalue weighted by atomic mass is 32.2. The number of imidazole rings is 1. The largest absolute Gasteiger partial charge is 0.337 e. The van der Waals surface area contributed by atoms with Gasteiger partial charge in [-0.3, -0.25) is 0 Å². The number of nitrogens with one attached hydrogen (secondary N) is 1. The van der Waals surface area contributed by atoms with Crippen LogP contribution in [-0.4, -0.2) is 29.5 Å². The van der Waals surface area contributed by atoms with Crippen molar-refractivity contribution in [3.8, 4) is 0 Å². The third-order valence-electron chi connectivity index (χ3n) is 2.38. The molecule has 4 nitrogen and oxygen atoms in total. The van der Waals surface area contributed by atoms with Gasteiger partial charge in [0, 0.05) is 24.2 Å². The van der Waals surface area contributed by atoms with Gasteiger partial charge in [0.2, 0.25) is 0 Å². The lowest BCUT2D eigenvalue weighted by molar-refractivity contribution is 0.587. The first-order valence-electron chi connectivity index (χ1n) is 4.97. The van der Waals surface area contributed by atoms with E-state index in [4.69, 9.17) is 12.2 Å². The Hall–Kier alpha value is -0.620. The molecule has 0 radical (unpaired) electrons. The minimum Gasteiger partial charge on any atom is -0.337 e. The monoisotopic (exact) mass is 248 g/mol. The van der Waals surface area contributed by atoms with Crippen LogP contribution in [0.15, 0.2) is 6.20 Å². The third kappa shape index (κ3) is 3.17. The number of hydrogen-bond acceptors (Lipinski definition) is 3. The molecular formula is C9H16N2O2S2. The molecule has 0 fully saturated rings. The Kier molecular flexibility index (Phi) is 4.10. The molecule has 0 bridgehead atoms. The SMILES string of the molecule is CCc1c[nH]c(=S)n1CCS(=O)(=O)CC. The van der Waals surface area contributed by atoms with Crippen molar-refractivity contribution in [3.63, 3.8) is 0 Å². The number of H-pyrrole nitrogens is 1. The van der Waals surface area contributed by atoms with E-state index >= 15 is 0 Å². The molecule has 1 heterocycles. The van der Waals surface area contributed by atoms with Crippen molar-refractivity contribution in [1.29, 1.82) is 0 Å². The summed E-state index contributed by atoms with van der Waals surface area (Å²) in [6.45, 7) is 4.12. The molecule has 15 heavy (non-hydrogen) atoms. The molecule has 0 spiro atoms. The molecule has 0 aliphatic rings. The Bertz CT molecular complexity index is 471. The van der Waals surface area contributed by atoms with Crippen molar-refractivity contribution < 1.29 is 8.42 Å². The molecule has 1 aromatic rings. The lowest BCUT2D eigenvalue weighted by Gasteiger charge is -2.06. The van der Waals surface area contributed by atoms with E-state index in [9.17, 15) is 8.42 Å². The van der Waals surface area contributed by atoms with Crippen molar-refractivity contribution in [2.24, 2.45) is 0 Å². The van der Waals surface area contributed by atoms with Crippen molar-refractivity contribution in [2.45, 2.75) is 26.8 Å². The minimum absolute atomic E-state index is 0.155.